The number of piperazine rings is 1. The Balaban J connectivity index is 2.01. The summed E-state index contributed by atoms with van der Waals surface area (Å²) in [6.45, 7) is 5.26. The highest BCUT2D eigenvalue weighted by atomic mass is 15.2. The minimum atomic E-state index is 0.470. The Bertz CT molecular complexity index is 580. The number of para-hydroxylation sites is 1. The molecule has 1 atom stereocenters. The third-order valence-corrected chi connectivity index (χ3v) is 3.98. The van der Waals surface area contributed by atoms with E-state index in [9.17, 15) is 0 Å². The Hall–Kier alpha value is -2.00. The van der Waals surface area contributed by atoms with Crippen molar-refractivity contribution in [3.05, 3.63) is 48.5 Å². The topological polar surface area (TPSA) is 41.3 Å². The molecule has 3 nitrogen and oxygen atoms in total. The molecule has 3 heteroatoms. The Kier molecular flexibility index (Phi) is 3.61. The van der Waals surface area contributed by atoms with E-state index in [2.05, 4.69) is 59.6 Å². The van der Waals surface area contributed by atoms with Crippen molar-refractivity contribution >= 4 is 11.4 Å². The van der Waals surface area contributed by atoms with Crippen molar-refractivity contribution in [3.8, 4) is 11.1 Å². The van der Waals surface area contributed by atoms with Gasteiger partial charge in [-0.3, -0.25) is 0 Å². The summed E-state index contributed by atoms with van der Waals surface area (Å²) in [4.78, 5) is 2.40. The van der Waals surface area contributed by atoms with Crippen molar-refractivity contribution in [1.82, 2.24) is 5.32 Å². The van der Waals surface area contributed by atoms with Crippen LogP contribution >= 0.6 is 0 Å². The molecule has 0 aromatic heterocycles. The highest BCUT2D eigenvalue weighted by molar-refractivity contribution is 5.86. The maximum absolute atomic E-state index is 6.45. The molecule has 2 aromatic carbocycles. The number of nitrogens with zero attached hydrogens (tertiary/aromatic N) is 1. The Morgan fingerprint density at radius 1 is 1.10 bits per heavy atom. The Morgan fingerprint density at radius 3 is 2.65 bits per heavy atom. The smallest absolute Gasteiger partial charge is 0.0631 e. The van der Waals surface area contributed by atoms with Crippen LogP contribution in [0.2, 0.25) is 0 Å². The molecule has 1 unspecified atom stereocenters. The van der Waals surface area contributed by atoms with Crippen molar-refractivity contribution in [2.45, 2.75) is 13.0 Å². The zero-order valence-electron chi connectivity index (χ0n) is 11.8. The van der Waals surface area contributed by atoms with Crippen LogP contribution in [0.15, 0.2) is 48.5 Å². The number of hydrogen-bond acceptors (Lipinski definition) is 3. The summed E-state index contributed by atoms with van der Waals surface area (Å²) in [5.74, 6) is 0. The molecule has 1 saturated heterocycles. The van der Waals surface area contributed by atoms with Gasteiger partial charge in [0.2, 0.25) is 0 Å². The lowest BCUT2D eigenvalue weighted by Gasteiger charge is -2.37. The van der Waals surface area contributed by atoms with Crippen LogP contribution in [0.25, 0.3) is 11.1 Å². The number of nitrogen functional groups attached to an aromatic ring is 1. The van der Waals surface area contributed by atoms with E-state index in [0.29, 0.717) is 6.04 Å². The number of nitrogens with two attached hydrogens (primary N) is 1. The molecule has 2 aromatic rings. The summed E-state index contributed by atoms with van der Waals surface area (Å²) < 4.78 is 0. The molecule has 20 heavy (non-hydrogen) atoms. The molecule has 1 fully saturated rings. The van der Waals surface area contributed by atoms with Gasteiger partial charge in [0, 0.05) is 31.2 Å². The monoisotopic (exact) mass is 267 g/mol. The fraction of sp³-hybridized carbons (Fsp3) is 0.294. The molecule has 0 aliphatic carbocycles. The van der Waals surface area contributed by atoms with Crippen LogP contribution in [0, 0.1) is 0 Å². The minimum Gasteiger partial charge on any atom is -0.397 e. The minimum absolute atomic E-state index is 0.470. The second-order valence-electron chi connectivity index (χ2n) is 5.35. The number of nitrogens with one attached hydrogen (secondary N) is 1. The van der Waals surface area contributed by atoms with Crippen LogP contribution in [0.5, 0.6) is 0 Å². The average Bonchev–Trinajstić information content (AvgIpc) is 2.49. The molecule has 0 spiro atoms. The summed E-state index contributed by atoms with van der Waals surface area (Å²) in [6.07, 6.45) is 0. The summed E-state index contributed by atoms with van der Waals surface area (Å²) in [7, 11) is 0. The zero-order valence-corrected chi connectivity index (χ0v) is 11.8. The van der Waals surface area contributed by atoms with Crippen LogP contribution in [0.3, 0.4) is 0 Å². The molecule has 3 rings (SSSR count). The fourth-order valence-electron chi connectivity index (χ4n) is 2.87. The normalized spacial score (nSPS) is 19.1. The summed E-state index contributed by atoms with van der Waals surface area (Å²) in [5, 5.41) is 3.42. The molecular weight excluding hydrogens is 246 g/mol. The van der Waals surface area contributed by atoms with Crippen molar-refractivity contribution in [1.29, 1.82) is 0 Å². The maximum atomic E-state index is 6.45. The quantitative estimate of drug-likeness (QED) is 0.822. The van der Waals surface area contributed by atoms with E-state index in [1.54, 1.807) is 0 Å². The largest absolute Gasteiger partial charge is 0.397 e. The molecule has 0 amide bonds. The van der Waals surface area contributed by atoms with Crippen LogP contribution in [-0.4, -0.2) is 25.7 Å². The van der Waals surface area contributed by atoms with Gasteiger partial charge in [-0.1, -0.05) is 42.5 Å². The number of benzene rings is 2. The molecule has 1 heterocycles. The van der Waals surface area contributed by atoms with Gasteiger partial charge >= 0.3 is 0 Å². The lowest BCUT2D eigenvalue weighted by Crippen LogP contribution is -2.50. The van der Waals surface area contributed by atoms with Crippen LogP contribution in [0.1, 0.15) is 6.92 Å². The van der Waals surface area contributed by atoms with Gasteiger partial charge in [0.1, 0.15) is 0 Å². The van der Waals surface area contributed by atoms with E-state index in [1.807, 2.05) is 6.07 Å². The van der Waals surface area contributed by atoms with Gasteiger partial charge in [-0.2, -0.15) is 0 Å². The first-order valence-corrected chi connectivity index (χ1v) is 7.18. The molecule has 0 radical (unpaired) electrons. The zero-order chi connectivity index (χ0) is 13.9. The molecule has 1 aliphatic rings. The van der Waals surface area contributed by atoms with Gasteiger partial charge in [0.25, 0.3) is 0 Å². The SMILES string of the molecule is CC1CNCCN1c1cccc(-c2ccccc2)c1N. The van der Waals surface area contributed by atoms with Gasteiger partial charge in [-0.15, -0.1) is 0 Å². The van der Waals surface area contributed by atoms with Crippen molar-refractivity contribution < 1.29 is 0 Å². The standard InChI is InChI=1S/C17H21N3/c1-13-12-19-10-11-20(13)16-9-5-8-15(17(16)18)14-6-3-2-4-7-14/h2-9,13,19H,10-12,18H2,1H3. The van der Waals surface area contributed by atoms with Crippen LogP contribution in [0.4, 0.5) is 11.4 Å². The first-order valence-electron chi connectivity index (χ1n) is 7.18. The first kappa shape index (κ1) is 13.0. The lowest BCUT2D eigenvalue weighted by molar-refractivity contribution is 0.501. The Morgan fingerprint density at radius 2 is 1.90 bits per heavy atom. The van der Waals surface area contributed by atoms with Crippen LogP contribution in [-0.2, 0) is 0 Å². The average molecular weight is 267 g/mol. The van der Waals surface area contributed by atoms with E-state index >= 15 is 0 Å². The van der Waals surface area contributed by atoms with E-state index in [4.69, 9.17) is 5.73 Å². The third kappa shape index (κ3) is 2.37. The lowest BCUT2D eigenvalue weighted by atomic mass is 10.0. The fourth-order valence-corrected chi connectivity index (χ4v) is 2.87. The van der Waals surface area contributed by atoms with E-state index in [0.717, 1.165) is 36.6 Å². The summed E-state index contributed by atoms with van der Waals surface area (Å²) >= 11 is 0. The number of rotatable bonds is 2. The first-order chi connectivity index (χ1) is 9.77. The van der Waals surface area contributed by atoms with E-state index in [1.165, 1.54) is 5.56 Å². The molecule has 3 N–H and O–H groups in total. The van der Waals surface area contributed by atoms with Gasteiger partial charge in [0.15, 0.2) is 0 Å². The van der Waals surface area contributed by atoms with Crippen molar-refractivity contribution in [3.63, 3.8) is 0 Å². The van der Waals surface area contributed by atoms with Crippen molar-refractivity contribution in [2.75, 3.05) is 30.3 Å². The summed E-state index contributed by atoms with van der Waals surface area (Å²) in [5.41, 5.74) is 10.8. The number of anilines is 2. The number of hydrogen-bond donors (Lipinski definition) is 2. The Labute approximate surface area is 120 Å². The molecular formula is C17H21N3. The highest BCUT2D eigenvalue weighted by Crippen LogP contribution is 2.34. The molecule has 104 valence electrons. The second kappa shape index (κ2) is 5.55. The maximum Gasteiger partial charge on any atom is 0.0631 e. The third-order valence-electron chi connectivity index (χ3n) is 3.98. The van der Waals surface area contributed by atoms with Gasteiger partial charge in [-0.05, 0) is 18.6 Å². The summed E-state index contributed by atoms with van der Waals surface area (Å²) in [6, 6.07) is 17.1. The predicted octanol–water partition coefficient (Wildman–Crippen LogP) is 2.73. The molecule has 1 aliphatic heterocycles. The van der Waals surface area contributed by atoms with Crippen molar-refractivity contribution in [2.24, 2.45) is 0 Å². The van der Waals surface area contributed by atoms with E-state index in [-0.39, 0.29) is 0 Å². The van der Waals surface area contributed by atoms with Gasteiger partial charge in [-0.25, -0.2) is 0 Å². The molecule has 0 bridgehead atoms. The predicted molar refractivity (Wildman–Crippen MR) is 86.0 cm³/mol. The second-order valence-corrected chi connectivity index (χ2v) is 5.35. The van der Waals surface area contributed by atoms with Gasteiger partial charge < -0.3 is 16.0 Å². The molecule has 0 saturated carbocycles. The van der Waals surface area contributed by atoms with E-state index < -0.39 is 0 Å². The van der Waals surface area contributed by atoms with Crippen LogP contribution < -0.4 is 16.0 Å². The van der Waals surface area contributed by atoms with Gasteiger partial charge in [0.05, 0.1) is 11.4 Å². The highest BCUT2D eigenvalue weighted by Gasteiger charge is 2.21.